The average Bonchev–Trinajstić information content (AvgIpc) is 2.64. The summed E-state index contributed by atoms with van der Waals surface area (Å²) in [5, 5.41) is 20.5. The molecule has 29 heavy (non-hydrogen) atoms. The standard InChI is InChI=1S/C21H24ClNO6/c1-20(2,3)23(11-14(24)25)19(28)15-17(26)12-5-4-6-13(22)16(12)21(18(15)27)7-9-29-10-8-21/h4-6,26H,7-11H2,1-3H3,(H,24,25). The van der Waals surface area contributed by atoms with E-state index < -0.39 is 46.5 Å². The Morgan fingerprint density at radius 3 is 2.41 bits per heavy atom. The SMILES string of the molecule is CC(C)(C)N(CC(=O)O)C(=O)C1=C(O)c2cccc(Cl)c2C2(CCOCC2)C1=O. The molecule has 2 aliphatic rings. The molecule has 1 aliphatic heterocycles. The molecule has 0 radical (unpaired) electrons. The number of carboxylic acid groups (broad SMARTS) is 1. The first-order valence-corrected chi connectivity index (χ1v) is 9.77. The lowest BCUT2D eigenvalue weighted by Crippen LogP contribution is -2.53. The Hall–Kier alpha value is -2.38. The number of amides is 1. The Bertz CT molecular complexity index is 908. The van der Waals surface area contributed by atoms with E-state index in [1.165, 1.54) is 0 Å². The number of ether oxygens (including phenoxy) is 1. The molecule has 1 amide bonds. The number of ketones is 1. The minimum Gasteiger partial charge on any atom is -0.506 e. The number of rotatable bonds is 3. The topological polar surface area (TPSA) is 104 Å². The smallest absolute Gasteiger partial charge is 0.323 e. The van der Waals surface area contributed by atoms with Crippen LogP contribution < -0.4 is 0 Å². The first-order chi connectivity index (χ1) is 13.5. The number of fused-ring (bicyclic) bond motifs is 2. The Labute approximate surface area is 173 Å². The fraction of sp³-hybridized carbons (Fsp3) is 0.476. The third-order valence-electron chi connectivity index (χ3n) is 5.55. The van der Waals surface area contributed by atoms with Crippen LogP contribution >= 0.6 is 11.6 Å². The van der Waals surface area contributed by atoms with Gasteiger partial charge in [0.2, 0.25) is 0 Å². The lowest BCUT2D eigenvalue weighted by molar-refractivity contribution is -0.147. The number of carbonyl (C=O) groups excluding carboxylic acids is 2. The minimum absolute atomic E-state index is 0.316. The van der Waals surface area contributed by atoms with Gasteiger partial charge in [-0.25, -0.2) is 0 Å². The van der Waals surface area contributed by atoms with Crippen molar-refractivity contribution in [3.05, 3.63) is 39.9 Å². The highest BCUT2D eigenvalue weighted by Gasteiger charge is 2.52. The molecule has 1 spiro atoms. The predicted molar refractivity (Wildman–Crippen MR) is 107 cm³/mol. The fourth-order valence-corrected chi connectivity index (χ4v) is 4.44. The van der Waals surface area contributed by atoms with Gasteiger partial charge < -0.3 is 19.8 Å². The zero-order chi connectivity index (χ0) is 21.6. The molecule has 0 atom stereocenters. The van der Waals surface area contributed by atoms with Crippen LogP contribution in [0.15, 0.2) is 23.8 Å². The number of Topliss-reactive ketones (excluding diaryl/α,β-unsaturated/α-hetero) is 1. The third-order valence-corrected chi connectivity index (χ3v) is 5.87. The predicted octanol–water partition coefficient (Wildman–Crippen LogP) is 2.95. The van der Waals surface area contributed by atoms with Gasteiger partial charge in [0, 0.05) is 29.3 Å². The Kier molecular flexibility index (Phi) is 5.49. The van der Waals surface area contributed by atoms with Crippen LogP contribution in [0.5, 0.6) is 0 Å². The molecule has 0 unspecified atom stereocenters. The molecule has 0 saturated carbocycles. The van der Waals surface area contributed by atoms with Crippen LogP contribution in [0.25, 0.3) is 5.76 Å². The van der Waals surface area contributed by atoms with Crippen LogP contribution in [0.3, 0.4) is 0 Å². The van der Waals surface area contributed by atoms with Gasteiger partial charge in [0.1, 0.15) is 17.9 Å². The summed E-state index contributed by atoms with van der Waals surface area (Å²) in [6.07, 6.45) is 0.641. The van der Waals surface area contributed by atoms with E-state index in [0.29, 0.717) is 42.2 Å². The molecule has 8 heteroatoms. The van der Waals surface area contributed by atoms with Gasteiger partial charge in [-0.2, -0.15) is 0 Å². The molecule has 0 bridgehead atoms. The van der Waals surface area contributed by atoms with Gasteiger partial charge in [-0.05, 0) is 45.2 Å². The first kappa shape index (κ1) is 21.3. The molecular formula is C21H24ClNO6. The maximum Gasteiger partial charge on any atom is 0.323 e. The van der Waals surface area contributed by atoms with E-state index in [-0.39, 0.29) is 0 Å². The number of aliphatic carboxylic acids is 1. The van der Waals surface area contributed by atoms with E-state index in [4.69, 9.17) is 16.3 Å². The van der Waals surface area contributed by atoms with Gasteiger partial charge in [-0.3, -0.25) is 14.4 Å². The average molecular weight is 422 g/mol. The molecule has 2 N–H and O–H groups in total. The maximum atomic E-state index is 13.7. The van der Waals surface area contributed by atoms with Crippen molar-refractivity contribution in [3.63, 3.8) is 0 Å². The van der Waals surface area contributed by atoms with Crippen LogP contribution in [-0.4, -0.2) is 58.1 Å². The fourth-order valence-electron chi connectivity index (χ4n) is 4.08. The number of carbonyl (C=O) groups is 3. The van der Waals surface area contributed by atoms with Gasteiger partial charge in [0.15, 0.2) is 5.78 Å². The van der Waals surface area contributed by atoms with Gasteiger partial charge in [-0.15, -0.1) is 0 Å². The number of hydrogen-bond acceptors (Lipinski definition) is 5. The minimum atomic E-state index is -1.21. The van der Waals surface area contributed by atoms with Gasteiger partial charge in [0.05, 0.1) is 5.41 Å². The van der Waals surface area contributed by atoms with Crippen molar-refractivity contribution in [2.24, 2.45) is 0 Å². The lowest BCUT2D eigenvalue weighted by Gasteiger charge is -2.42. The van der Waals surface area contributed by atoms with E-state index >= 15 is 0 Å². The van der Waals surface area contributed by atoms with Crippen LogP contribution in [0.2, 0.25) is 5.02 Å². The third kappa shape index (κ3) is 3.53. The lowest BCUT2D eigenvalue weighted by atomic mass is 9.64. The van der Waals surface area contributed by atoms with E-state index in [1.54, 1.807) is 39.0 Å². The Morgan fingerprint density at radius 2 is 1.86 bits per heavy atom. The highest BCUT2D eigenvalue weighted by Crippen LogP contribution is 2.48. The Balaban J connectivity index is 2.23. The monoisotopic (exact) mass is 421 g/mol. The summed E-state index contributed by atoms with van der Waals surface area (Å²) in [6.45, 7) is 5.06. The van der Waals surface area contributed by atoms with E-state index in [1.807, 2.05) is 0 Å². The molecule has 1 aromatic carbocycles. The molecule has 1 aromatic rings. The van der Waals surface area contributed by atoms with Crippen LogP contribution in [-0.2, 0) is 24.5 Å². The quantitative estimate of drug-likeness (QED) is 0.727. The van der Waals surface area contributed by atoms with Crippen molar-refractivity contribution in [2.75, 3.05) is 19.8 Å². The molecule has 0 aromatic heterocycles. The molecule has 7 nitrogen and oxygen atoms in total. The van der Waals surface area contributed by atoms with Crippen LogP contribution in [0, 0.1) is 0 Å². The molecule has 1 aliphatic carbocycles. The summed E-state index contributed by atoms with van der Waals surface area (Å²) < 4.78 is 5.43. The largest absolute Gasteiger partial charge is 0.506 e. The summed E-state index contributed by atoms with van der Waals surface area (Å²) in [5.74, 6) is -3.02. The second kappa shape index (κ2) is 7.46. The number of aliphatic hydroxyl groups is 1. The summed E-state index contributed by atoms with van der Waals surface area (Å²) in [7, 11) is 0. The number of carboxylic acids is 1. The van der Waals surface area contributed by atoms with Crippen molar-refractivity contribution in [1.82, 2.24) is 4.90 Å². The zero-order valence-corrected chi connectivity index (χ0v) is 17.4. The molecule has 1 heterocycles. The van der Waals surface area contributed by atoms with Crippen molar-refractivity contribution in [3.8, 4) is 0 Å². The van der Waals surface area contributed by atoms with E-state index in [9.17, 15) is 24.6 Å². The maximum absolute atomic E-state index is 13.7. The molecular weight excluding hydrogens is 398 g/mol. The number of hydrogen-bond donors (Lipinski definition) is 2. The van der Waals surface area contributed by atoms with Gasteiger partial charge in [0.25, 0.3) is 5.91 Å². The van der Waals surface area contributed by atoms with Crippen LogP contribution in [0.4, 0.5) is 0 Å². The number of halogens is 1. The molecule has 3 rings (SSSR count). The molecule has 156 valence electrons. The first-order valence-electron chi connectivity index (χ1n) is 9.39. The summed E-state index contributed by atoms with van der Waals surface area (Å²) in [5.41, 5.74) is -1.52. The van der Waals surface area contributed by atoms with E-state index in [0.717, 1.165) is 4.90 Å². The number of aliphatic hydroxyl groups excluding tert-OH is 1. The van der Waals surface area contributed by atoms with Crippen molar-refractivity contribution < 1.29 is 29.3 Å². The summed E-state index contributed by atoms with van der Waals surface area (Å²) in [6, 6.07) is 4.91. The highest BCUT2D eigenvalue weighted by atomic mass is 35.5. The van der Waals surface area contributed by atoms with Gasteiger partial charge in [-0.1, -0.05) is 23.7 Å². The molecule has 1 fully saturated rings. The summed E-state index contributed by atoms with van der Waals surface area (Å²) in [4.78, 5) is 39.5. The summed E-state index contributed by atoms with van der Waals surface area (Å²) >= 11 is 6.43. The number of benzene rings is 1. The second-order valence-corrected chi connectivity index (χ2v) is 8.77. The van der Waals surface area contributed by atoms with E-state index in [2.05, 4.69) is 0 Å². The zero-order valence-electron chi connectivity index (χ0n) is 16.6. The Morgan fingerprint density at radius 1 is 1.24 bits per heavy atom. The van der Waals surface area contributed by atoms with Crippen LogP contribution in [0.1, 0.15) is 44.7 Å². The number of nitrogens with zero attached hydrogens (tertiary/aromatic N) is 1. The van der Waals surface area contributed by atoms with Crippen molar-refractivity contribution >= 4 is 35.0 Å². The van der Waals surface area contributed by atoms with Crippen molar-refractivity contribution in [2.45, 2.75) is 44.6 Å². The van der Waals surface area contributed by atoms with Gasteiger partial charge >= 0.3 is 5.97 Å². The van der Waals surface area contributed by atoms with Crippen molar-refractivity contribution in [1.29, 1.82) is 0 Å². The highest BCUT2D eigenvalue weighted by molar-refractivity contribution is 6.34. The molecule has 1 saturated heterocycles. The second-order valence-electron chi connectivity index (χ2n) is 8.37. The normalized spacial score (nSPS) is 18.6.